The highest BCUT2D eigenvalue weighted by atomic mass is 35.5. The first-order valence-corrected chi connectivity index (χ1v) is 8.85. The summed E-state index contributed by atoms with van der Waals surface area (Å²) < 4.78 is 0. The van der Waals surface area contributed by atoms with Gasteiger partial charge in [0.15, 0.2) is 0 Å². The van der Waals surface area contributed by atoms with Gasteiger partial charge in [-0.1, -0.05) is 41.4 Å². The summed E-state index contributed by atoms with van der Waals surface area (Å²) in [5.41, 5.74) is 10.7. The van der Waals surface area contributed by atoms with E-state index in [0.717, 1.165) is 23.0 Å². The average Bonchev–Trinajstić information content (AvgIpc) is 2.62. The highest BCUT2D eigenvalue weighted by molar-refractivity contribution is 6.35. The molecule has 0 aliphatic carbocycles. The van der Waals surface area contributed by atoms with E-state index in [1.165, 1.54) is 0 Å². The first-order chi connectivity index (χ1) is 12.5. The lowest BCUT2D eigenvalue weighted by Crippen LogP contribution is -2.05. The molecular weight excluding hydrogens is 369 g/mol. The number of carbonyl (C=O) groups excluding carboxylic acids is 1. The zero-order valence-electron chi connectivity index (χ0n) is 14.2. The van der Waals surface area contributed by atoms with Crippen LogP contribution in [-0.4, -0.2) is 16.3 Å². The summed E-state index contributed by atoms with van der Waals surface area (Å²) in [7, 11) is 0. The van der Waals surface area contributed by atoms with Crippen LogP contribution in [0.3, 0.4) is 0 Å². The predicted molar refractivity (Wildman–Crippen MR) is 106 cm³/mol. The molecule has 4 nitrogen and oxygen atoms in total. The van der Waals surface area contributed by atoms with E-state index < -0.39 is 0 Å². The fraction of sp³-hybridized carbons (Fsp3) is 0.150. The van der Waals surface area contributed by atoms with Crippen molar-refractivity contribution in [3.8, 4) is 11.3 Å². The molecule has 132 valence electrons. The summed E-state index contributed by atoms with van der Waals surface area (Å²) in [4.78, 5) is 19.9. The molecule has 1 aromatic heterocycles. The summed E-state index contributed by atoms with van der Waals surface area (Å²) >= 11 is 12.5. The van der Waals surface area contributed by atoms with Crippen molar-refractivity contribution >= 4 is 35.3 Å². The van der Waals surface area contributed by atoms with Crippen molar-refractivity contribution in [2.75, 3.05) is 5.73 Å². The Balaban J connectivity index is 1.88. The maximum atomic E-state index is 11.0. The molecule has 26 heavy (non-hydrogen) atoms. The van der Waals surface area contributed by atoms with Crippen LogP contribution in [0.1, 0.15) is 27.2 Å². The molecule has 0 aliphatic heterocycles. The zero-order chi connectivity index (χ0) is 18.7. The number of aryl methyl sites for hydroxylation is 2. The summed E-state index contributed by atoms with van der Waals surface area (Å²) in [6.07, 6.45) is 3.66. The number of aldehydes is 1. The number of aromatic nitrogens is 2. The molecule has 0 radical (unpaired) electrons. The van der Waals surface area contributed by atoms with Crippen LogP contribution in [0.25, 0.3) is 11.3 Å². The van der Waals surface area contributed by atoms with E-state index in [1.54, 1.807) is 12.3 Å². The standard InChI is InChI=1S/C20H17Cl2N3O/c1-12-9-13(5-6-14(12)11-26)19-10-24-20(23)18(25-19)8-7-15-16(21)3-2-4-17(15)22/h2-6,9-11H,7-8H2,1H3,(H2,23,24). The molecule has 0 atom stereocenters. The molecule has 0 saturated heterocycles. The van der Waals surface area contributed by atoms with E-state index in [9.17, 15) is 4.79 Å². The molecule has 1 heterocycles. The van der Waals surface area contributed by atoms with Gasteiger partial charge < -0.3 is 5.73 Å². The molecule has 0 aliphatic rings. The third kappa shape index (κ3) is 3.87. The first-order valence-electron chi connectivity index (χ1n) is 8.10. The Morgan fingerprint density at radius 2 is 1.85 bits per heavy atom. The third-order valence-corrected chi connectivity index (χ3v) is 4.95. The van der Waals surface area contributed by atoms with E-state index in [4.69, 9.17) is 28.9 Å². The molecule has 0 amide bonds. The lowest BCUT2D eigenvalue weighted by atomic mass is 10.0. The van der Waals surface area contributed by atoms with Crippen molar-refractivity contribution in [3.05, 3.63) is 75.0 Å². The number of nitrogens with two attached hydrogens (primary N) is 1. The Morgan fingerprint density at radius 1 is 1.12 bits per heavy atom. The van der Waals surface area contributed by atoms with E-state index in [1.807, 2.05) is 37.3 Å². The largest absolute Gasteiger partial charge is 0.382 e. The number of carbonyl (C=O) groups is 1. The van der Waals surface area contributed by atoms with Gasteiger partial charge in [0.2, 0.25) is 0 Å². The molecule has 2 aromatic carbocycles. The van der Waals surface area contributed by atoms with Crippen molar-refractivity contribution in [3.63, 3.8) is 0 Å². The Labute approximate surface area is 162 Å². The molecule has 0 bridgehead atoms. The maximum Gasteiger partial charge on any atom is 0.150 e. The molecule has 3 rings (SSSR count). The molecule has 6 heteroatoms. The van der Waals surface area contributed by atoms with Gasteiger partial charge in [-0.25, -0.2) is 9.97 Å². The monoisotopic (exact) mass is 385 g/mol. The predicted octanol–water partition coefficient (Wildman–Crippen LogP) is 4.94. The number of nitrogen functional groups attached to an aromatic ring is 1. The number of halogens is 2. The third-order valence-electron chi connectivity index (χ3n) is 4.24. The van der Waals surface area contributed by atoms with E-state index in [2.05, 4.69) is 9.97 Å². The fourth-order valence-electron chi connectivity index (χ4n) is 2.74. The van der Waals surface area contributed by atoms with E-state index >= 15 is 0 Å². The van der Waals surface area contributed by atoms with Crippen LogP contribution in [0, 0.1) is 6.92 Å². The highest BCUT2D eigenvalue weighted by Gasteiger charge is 2.11. The topological polar surface area (TPSA) is 68.9 Å². The lowest BCUT2D eigenvalue weighted by molar-refractivity contribution is 0.112. The average molecular weight is 386 g/mol. The Bertz CT molecular complexity index is 953. The number of rotatable bonds is 5. The Kier molecular flexibility index (Phi) is 5.55. The van der Waals surface area contributed by atoms with Gasteiger partial charge in [-0.05, 0) is 49.1 Å². The van der Waals surface area contributed by atoms with Crippen molar-refractivity contribution < 1.29 is 4.79 Å². The van der Waals surface area contributed by atoms with Gasteiger partial charge in [0.25, 0.3) is 0 Å². The zero-order valence-corrected chi connectivity index (χ0v) is 15.7. The summed E-state index contributed by atoms with van der Waals surface area (Å²) in [6.45, 7) is 1.89. The maximum absolute atomic E-state index is 11.0. The van der Waals surface area contributed by atoms with Crippen LogP contribution in [0.4, 0.5) is 5.82 Å². The molecule has 0 spiro atoms. The second-order valence-corrected chi connectivity index (χ2v) is 6.79. The molecule has 0 fully saturated rings. The molecule has 2 N–H and O–H groups in total. The number of anilines is 1. The van der Waals surface area contributed by atoms with Gasteiger partial charge >= 0.3 is 0 Å². The minimum Gasteiger partial charge on any atom is -0.382 e. The van der Waals surface area contributed by atoms with Gasteiger partial charge in [-0.2, -0.15) is 0 Å². The minimum atomic E-state index is 0.387. The van der Waals surface area contributed by atoms with Gasteiger partial charge in [0.05, 0.1) is 17.6 Å². The summed E-state index contributed by atoms with van der Waals surface area (Å²) in [6, 6.07) is 11.0. The molecule has 0 unspecified atom stereocenters. The Hall–Kier alpha value is -2.43. The fourth-order valence-corrected chi connectivity index (χ4v) is 3.33. The van der Waals surface area contributed by atoms with Crippen LogP contribution in [0.15, 0.2) is 42.6 Å². The number of nitrogens with zero attached hydrogens (tertiary/aromatic N) is 2. The summed E-state index contributed by atoms with van der Waals surface area (Å²) in [5.74, 6) is 0.387. The minimum absolute atomic E-state index is 0.387. The van der Waals surface area contributed by atoms with Crippen molar-refractivity contribution in [1.29, 1.82) is 0 Å². The highest BCUT2D eigenvalue weighted by Crippen LogP contribution is 2.27. The van der Waals surface area contributed by atoms with Gasteiger partial charge in [-0.3, -0.25) is 4.79 Å². The number of hydrogen-bond acceptors (Lipinski definition) is 4. The molecule has 3 aromatic rings. The second-order valence-electron chi connectivity index (χ2n) is 5.98. The van der Waals surface area contributed by atoms with Crippen LogP contribution in [0.5, 0.6) is 0 Å². The van der Waals surface area contributed by atoms with Crippen LogP contribution < -0.4 is 5.73 Å². The lowest BCUT2D eigenvalue weighted by Gasteiger charge is -2.10. The van der Waals surface area contributed by atoms with E-state index in [0.29, 0.717) is 45.7 Å². The smallest absolute Gasteiger partial charge is 0.150 e. The van der Waals surface area contributed by atoms with Gasteiger partial charge in [0, 0.05) is 21.2 Å². The number of benzene rings is 2. The van der Waals surface area contributed by atoms with Crippen molar-refractivity contribution in [2.24, 2.45) is 0 Å². The van der Waals surface area contributed by atoms with E-state index in [-0.39, 0.29) is 0 Å². The van der Waals surface area contributed by atoms with Gasteiger partial charge in [-0.15, -0.1) is 0 Å². The van der Waals surface area contributed by atoms with Crippen molar-refractivity contribution in [1.82, 2.24) is 9.97 Å². The van der Waals surface area contributed by atoms with Crippen molar-refractivity contribution in [2.45, 2.75) is 19.8 Å². The normalized spacial score (nSPS) is 10.7. The van der Waals surface area contributed by atoms with Crippen LogP contribution in [-0.2, 0) is 12.8 Å². The molecule has 0 saturated carbocycles. The first kappa shape index (κ1) is 18.4. The SMILES string of the molecule is Cc1cc(-c2cnc(N)c(CCc3c(Cl)cccc3Cl)n2)ccc1C=O. The van der Waals surface area contributed by atoms with Crippen LogP contribution >= 0.6 is 23.2 Å². The molecular formula is C20H17Cl2N3O. The van der Waals surface area contributed by atoms with Crippen LogP contribution in [0.2, 0.25) is 10.0 Å². The quantitative estimate of drug-likeness (QED) is 0.631. The second kappa shape index (κ2) is 7.85. The number of hydrogen-bond donors (Lipinski definition) is 1. The van der Waals surface area contributed by atoms with Gasteiger partial charge in [0.1, 0.15) is 12.1 Å². The Morgan fingerprint density at radius 3 is 2.50 bits per heavy atom. The summed E-state index contributed by atoms with van der Waals surface area (Å²) in [5, 5.41) is 1.25.